The van der Waals surface area contributed by atoms with Gasteiger partial charge < -0.3 is 9.97 Å². The zero-order valence-electron chi connectivity index (χ0n) is 11.5. The standard InChI is InChI=1S/C14H10N6O2/c1-7-8-3-2-4-15-11(8)13(21)19-10(7)9-5-20-12(18-9)14(22)16-6-17-20/h2-6H,1H3,(H,19,21)(H,16,17,22). The molecule has 2 N–H and O–H groups in total. The van der Waals surface area contributed by atoms with Gasteiger partial charge in [0.15, 0.2) is 0 Å². The van der Waals surface area contributed by atoms with Gasteiger partial charge in [0.05, 0.1) is 11.9 Å². The fourth-order valence-electron chi connectivity index (χ4n) is 2.49. The summed E-state index contributed by atoms with van der Waals surface area (Å²) in [5.74, 6) is 0. The molecular formula is C14H10N6O2. The minimum atomic E-state index is -0.344. The van der Waals surface area contributed by atoms with Crippen molar-refractivity contribution in [1.29, 1.82) is 0 Å². The van der Waals surface area contributed by atoms with E-state index in [1.54, 1.807) is 18.5 Å². The van der Waals surface area contributed by atoms with Gasteiger partial charge in [-0.3, -0.25) is 14.6 Å². The van der Waals surface area contributed by atoms with E-state index in [9.17, 15) is 9.59 Å². The van der Waals surface area contributed by atoms with Crippen LogP contribution in [0.4, 0.5) is 0 Å². The van der Waals surface area contributed by atoms with Crippen LogP contribution in [0, 0.1) is 6.92 Å². The smallest absolute Gasteiger partial charge is 0.294 e. The van der Waals surface area contributed by atoms with E-state index in [1.165, 1.54) is 10.8 Å². The number of nitrogens with one attached hydrogen (secondary N) is 2. The van der Waals surface area contributed by atoms with Crippen molar-refractivity contribution in [2.24, 2.45) is 0 Å². The Hall–Kier alpha value is -3.29. The van der Waals surface area contributed by atoms with Gasteiger partial charge in [0, 0.05) is 11.6 Å². The third kappa shape index (κ3) is 1.67. The Labute approximate surface area is 122 Å². The summed E-state index contributed by atoms with van der Waals surface area (Å²) in [6.45, 7) is 1.87. The molecule has 8 nitrogen and oxygen atoms in total. The van der Waals surface area contributed by atoms with Gasteiger partial charge >= 0.3 is 0 Å². The van der Waals surface area contributed by atoms with Crippen LogP contribution in [-0.4, -0.2) is 29.5 Å². The van der Waals surface area contributed by atoms with Gasteiger partial charge in [-0.05, 0) is 18.6 Å². The highest BCUT2D eigenvalue weighted by Gasteiger charge is 2.14. The molecule has 8 heteroatoms. The molecule has 0 aromatic carbocycles. The predicted molar refractivity (Wildman–Crippen MR) is 79.7 cm³/mol. The number of fused-ring (bicyclic) bond motifs is 2. The molecule has 0 unspecified atom stereocenters. The van der Waals surface area contributed by atoms with E-state index in [-0.39, 0.29) is 16.8 Å². The van der Waals surface area contributed by atoms with Gasteiger partial charge in [-0.1, -0.05) is 6.07 Å². The third-order valence-electron chi connectivity index (χ3n) is 3.57. The lowest BCUT2D eigenvalue weighted by Gasteiger charge is -2.05. The normalized spacial score (nSPS) is 11.3. The van der Waals surface area contributed by atoms with Gasteiger partial charge in [-0.15, -0.1) is 0 Å². The SMILES string of the molecule is Cc1c(-c2cn3nc[nH]c(=O)c3n2)[nH]c(=O)c2ncccc12. The first-order chi connectivity index (χ1) is 10.6. The van der Waals surface area contributed by atoms with Gasteiger partial charge in [-0.25, -0.2) is 9.50 Å². The van der Waals surface area contributed by atoms with Crippen LogP contribution in [0.1, 0.15) is 5.56 Å². The van der Waals surface area contributed by atoms with Crippen molar-refractivity contribution in [2.75, 3.05) is 0 Å². The van der Waals surface area contributed by atoms with Crippen molar-refractivity contribution in [3.63, 3.8) is 0 Å². The number of aryl methyl sites for hydroxylation is 1. The van der Waals surface area contributed by atoms with Gasteiger partial charge in [0.2, 0.25) is 5.65 Å². The minimum Gasteiger partial charge on any atom is -0.318 e. The Morgan fingerprint density at radius 2 is 2.09 bits per heavy atom. The summed E-state index contributed by atoms with van der Waals surface area (Å²) in [7, 11) is 0. The van der Waals surface area contributed by atoms with Gasteiger partial charge in [-0.2, -0.15) is 5.10 Å². The van der Waals surface area contributed by atoms with Crippen molar-refractivity contribution in [2.45, 2.75) is 6.92 Å². The number of nitrogens with zero attached hydrogens (tertiary/aromatic N) is 4. The number of hydrogen-bond acceptors (Lipinski definition) is 5. The first-order valence-electron chi connectivity index (χ1n) is 6.56. The lowest BCUT2D eigenvalue weighted by atomic mass is 10.1. The lowest BCUT2D eigenvalue weighted by molar-refractivity contribution is 0.882. The van der Waals surface area contributed by atoms with Crippen molar-refractivity contribution >= 4 is 16.6 Å². The monoisotopic (exact) mass is 294 g/mol. The fraction of sp³-hybridized carbons (Fsp3) is 0.0714. The molecule has 4 aromatic rings. The van der Waals surface area contributed by atoms with E-state index in [0.29, 0.717) is 16.9 Å². The Balaban J connectivity index is 2.08. The number of H-pyrrole nitrogens is 2. The van der Waals surface area contributed by atoms with Crippen LogP contribution in [0.2, 0.25) is 0 Å². The number of hydrogen-bond donors (Lipinski definition) is 2. The van der Waals surface area contributed by atoms with Crippen LogP contribution in [0.3, 0.4) is 0 Å². The molecule has 0 spiro atoms. The molecule has 4 aromatic heterocycles. The fourth-order valence-corrected chi connectivity index (χ4v) is 2.49. The summed E-state index contributed by atoms with van der Waals surface area (Å²) in [5.41, 5.74) is 1.77. The molecule has 0 aliphatic rings. The Morgan fingerprint density at radius 1 is 1.23 bits per heavy atom. The summed E-state index contributed by atoms with van der Waals surface area (Å²) in [6, 6.07) is 3.60. The second kappa shape index (κ2) is 4.35. The maximum Gasteiger partial charge on any atom is 0.294 e. The van der Waals surface area contributed by atoms with Gasteiger partial charge in [0.25, 0.3) is 11.1 Å². The van der Waals surface area contributed by atoms with E-state index in [4.69, 9.17) is 0 Å². The van der Waals surface area contributed by atoms with Crippen LogP contribution in [-0.2, 0) is 0 Å². The molecule has 0 fully saturated rings. The molecule has 0 saturated heterocycles. The quantitative estimate of drug-likeness (QED) is 0.535. The van der Waals surface area contributed by atoms with Crippen LogP contribution in [0.25, 0.3) is 27.9 Å². The Bertz CT molecular complexity index is 1140. The molecule has 0 bridgehead atoms. The van der Waals surface area contributed by atoms with E-state index >= 15 is 0 Å². The van der Waals surface area contributed by atoms with Crippen molar-refractivity contribution in [1.82, 2.24) is 29.5 Å². The van der Waals surface area contributed by atoms with Crippen LogP contribution in [0.5, 0.6) is 0 Å². The molecule has 108 valence electrons. The summed E-state index contributed by atoms with van der Waals surface area (Å²) < 4.78 is 1.37. The number of aromatic amines is 2. The van der Waals surface area contributed by atoms with Crippen molar-refractivity contribution in [3.8, 4) is 11.4 Å². The molecule has 0 amide bonds. The molecule has 0 aliphatic carbocycles. The second-order valence-corrected chi connectivity index (χ2v) is 4.87. The Morgan fingerprint density at radius 3 is 2.91 bits per heavy atom. The number of imidazole rings is 1. The Kier molecular flexibility index (Phi) is 2.46. The predicted octanol–water partition coefficient (Wildman–Crippen LogP) is 0.630. The average molecular weight is 294 g/mol. The zero-order valence-corrected chi connectivity index (χ0v) is 11.5. The van der Waals surface area contributed by atoms with Crippen LogP contribution < -0.4 is 11.1 Å². The second-order valence-electron chi connectivity index (χ2n) is 4.87. The molecule has 0 atom stereocenters. The lowest BCUT2D eigenvalue weighted by Crippen LogP contribution is -2.11. The van der Waals surface area contributed by atoms with E-state index in [2.05, 4.69) is 25.0 Å². The average Bonchev–Trinajstić information content (AvgIpc) is 2.96. The molecule has 0 aliphatic heterocycles. The maximum absolute atomic E-state index is 12.2. The number of pyridine rings is 2. The molecular weight excluding hydrogens is 284 g/mol. The third-order valence-corrected chi connectivity index (χ3v) is 3.57. The van der Waals surface area contributed by atoms with Crippen molar-refractivity contribution < 1.29 is 0 Å². The van der Waals surface area contributed by atoms with Crippen molar-refractivity contribution in [3.05, 3.63) is 57.1 Å². The maximum atomic E-state index is 12.2. The summed E-state index contributed by atoms with van der Waals surface area (Å²) >= 11 is 0. The highest BCUT2D eigenvalue weighted by molar-refractivity contribution is 5.86. The molecule has 4 rings (SSSR count). The summed E-state index contributed by atoms with van der Waals surface area (Å²) in [6.07, 6.45) is 4.47. The highest BCUT2D eigenvalue weighted by Crippen LogP contribution is 2.23. The van der Waals surface area contributed by atoms with E-state index in [0.717, 1.165) is 10.9 Å². The highest BCUT2D eigenvalue weighted by atomic mass is 16.1. The van der Waals surface area contributed by atoms with Crippen LogP contribution >= 0.6 is 0 Å². The van der Waals surface area contributed by atoms with Gasteiger partial charge in [0.1, 0.15) is 17.5 Å². The topological polar surface area (TPSA) is 109 Å². The summed E-state index contributed by atoms with van der Waals surface area (Å²) in [5, 5.41) is 4.75. The molecule has 22 heavy (non-hydrogen) atoms. The minimum absolute atomic E-state index is 0.170. The number of aromatic nitrogens is 6. The molecule has 0 radical (unpaired) electrons. The summed E-state index contributed by atoms with van der Waals surface area (Å²) in [4.78, 5) is 37.5. The first-order valence-corrected chi connectivity index (χ1v) is 6.56. The first kappa shape index (κ1) is 12.5. The van der Waals surface area contributed by atoms with Crippen LogP contribution in [0.15, 0.2) is 40.4 Å². The zero-order chi connectivity index (χ0) is 15.3. The molecule has 0 saturated carbocycles. The molecule has 4 heterocycles. The largest absolute Gasteiger partial charge is 0.318 e. The van der Waals surface area contributed by atoms with E-state index in [1.807, 2.05) is 13.0 Å². The number of rotatable bonds is 1. The van der Waals surface area contributed by atoms with E-state index < -0.39 is 0 Å².